The van der Waals surface area contributed by atoms with Gasteiger partial charge in [-0.1, -0.05) is 17.7 Å². The molecule has 3 aromatic carbocycles. The molecule has 7 nitrogen and oxygen atoms in total. The van der Waals surface area contributed by atoms with Crippen molar-refractivity contribution in [1.29, 1.82) is 0 Å². The van der Waals surface area contributed by atoms with Gasteiger partial charge in [-0.2, -0.15) is 0 Å². The van der Waals surface area contributed by atoms with Crippen molar-refractivity contribution in [2.75, 3.05) is 4.72 Å². The zero-order chi connectivity index (χ0) is 22.6. The van der Waals surface area contributed by atoms with E-state index in [1.165, 1.54) is 42.5 Å². The first-order chi connectivity index (χ1) is 14.7. The van der Waals surface area contributed by atoms with E-state index >= 15 is 0 Å². The van der Waals surface area contributed by atoms with Crippen molar-refractivity contribution in [2.45, 2.75) is 18.7 Å². The van der Waals surface area contributed by atoms with Gasteiger partial charge in [0.05, 0.1) is 4.90 Å². The number of nitrogens with one attached hydrogen (secondary N) is 3. The number of carbonyl (C=O) groups excluding carboxylic acids is 2. The molecule has 0 aromatic heterocycles. The summed E-state index contributed by atoms with van der Waals surface area (Å²) in [6, 6.07) is 16.9. The van der Waals surface area contributed by atoms with Gasteiger partial charge >= 0.3 is 0 Å². The second kappa shape index (κ2) is 9.20. The number of hydrogen-bond donors (Lipinski definition) is 3. The molecule has 3 rings (SSSR count). The predicted molar refractivity (Wildman–Crippen MR) is 120 cm³/mol. The minimum Gasteiger partial charge on any atom is -0.280 e. The van der Waals surface area contributed by atoms with Crippen molar-refractivity contribution in [2.24, 2.45) is 0 Å². The molecule has 0 aliphatic heterocycles. The lowest BCUT2D eigenvalue weighted by atomic mass is 10.1. The molecule has 3 N–H and O–H groups in total. The van der Waals surface area contributed by atoms with E-state index in [0.29, 0.717) is 16.3 Å². The van der Waals surface area contributed by atoms with Gasteiger partial charge in [0.25, 0.3) is 21.8 Å². The Hall–Kier alpha value is -3.36. The van der Waals surface area contributed by atoms with Crippen LogP contribution in [0.25, 0.3) is 0 Å². The van der Waals surface area contributed by atoms with Crippen LogP contribution in [-0.4, -0.2) is 20.2 Å². The van der Waals surface area contributed by atoms with Gasteiger partial charge in [0, 0.05) is 21.8 Å². The molecule has 0 fully saturated rings. The fraction of sp³-hybridized carbons (Fsp3) is 0.0909. The number of carbonyl (C=O) groups is 2. The zero-order valence-electron chi connectivity index (χ0n) is 16.8. The van der Waals surface area contributed by atoms with Crippen LogP contribution in [0.2, 0.25) is 5.02 Å². The Morgan fingerprint density at radius 3 is 1.77 bits per heavy atom. The van der Waals surface area contributed by atoms with Gasteiger partial charge in [-0.15, -0.1) is 0 Å². The number of anilines is 1. The maximum absolute atomic E-state index is 12.6. The molecular formula is C22H20ClN3O4S. The first-order valence-corrected chi connectivity index (χ1v) is 11.1. The van der Waals surface area contributed by atoms with Crippen LogP contribution in [0.4, 0.5) is 5.69 Å². The van der Waals surface area contributed by atoms with Crippen LogP contribution in [0, 0.1) is 13.8 Å². The molecule has 0 aliphatic carbocycles. The molecule has 0 atom stereocenters. The monoisotopic (exact) mass is 457 g/mol. The second-order valence-corrected chi connectivity index (χ2v) is 8.96. The number of hydrogen-bond acceptors (Lipinski definition) is 4. The van der Waals surface area contributed by atoms with Crippen molar-refractivity contribution >= 4 is 39.1 Å². The highest BCUT2D eigenvalue weighted by Gasteiger charge is 2.15. The summed E-state index contributed by atoms with van der Waals surface area (Å²) in [6.45, 7) is 3.74. The minimum absolute atomic E-state index is 0.155. The highest BCUT2D eigenvalue weighted by atomic mass is 35.5. The largest absolute Gasteiger partial charge is 0.280 e. The Morgan fingerprint density at radius 1 is 0.742 bits per heavy atom. The van der Waals surface area contributed by atoms with Crippen LogP contribution < -0.4 is 15.6 Å². The van der Waals surface area contributed by atoms with Crippen LogP contribution in [0.1, 0.15) is 31.8 Å². The van der Waals surface area contributed by atoms with Crippen LogP contribution in [0.15, 0.2) is 71.6 Å². The predicted octanol–water partition coefficient (Wildman–Crippen LogP) is 3.83. The van der Waals surface area contributed by atoms with Crippen molar-refractivity contribution in [3.63, 3.8) is 0 Å². The molecule has 0 spiro atoms. The lowest BCUT2D eigenvalue weighted by molar-refractivity contribution is 0.0846. The molecule has 160 valence electrons. The Balaban J connectivity index is 1.62. The highest BCUT2D eigenvalue weighted by Crippen LogP contribution is 2.19. The number of hydrazine groups is 1. The van der Waals surface area contributed by atoms with Gasteiger partial charge in [0.2, 0.25) is 0 Å². The first kappa shape index (κ1) is 22.3. The summed E-state index contributed by atoms with van der Waals surface area (Å²) in [6.07, 6.45) is 0. The minimum atomic E-state index is -3.76. The van der Waals surface area contributed by atoms with E-state index < -0.39 is 21.8 Å². The van der Waals surface area contributed by atoms with Gasteiger partial charge in [0.1, 0.15) is 0 Å². The fourth-order valence-electron chi connectivity index (χ4n) is 2.64. The molecular weight excluding hydrogens is 438 g/mol. The maximum atomic E-state index is 12.6. The Labute approximate surface area is 185 Å². The third-order valence-electron chi connectivity index (χ3n) is 4.58. The third-order valence-corrected chi connectivity index (χ3v) is 6.21. The summed E-state index contributed by atoms with van der Waals surface area (Å²) in [5, 5.41) is 0.494. The molecule has 0 radical (unpaired) electrons. The summed E-state index contributed by atoms with van der Waals surface area (Å²) in [7, 11) is -3.76. The number of amides is 2. The zero-order valence-corrected chi connectivity index (χ0v) is 18.3. The summed E-state index contributed by atoms with van der Waals surface area (Å²) in [5.74, 6) is -1.05. The number of rotatable bonds is 5. The molecule has 0 saturated heterocycles. The fourth-order valence-corrected chi connectivity index (χ4v) is 3.91. The lowest BCUT2D eigenvalue weighted by Gasteiger charge is -2.11. The number of aryl methyl sites for hydroxylation is 2. The molecule has 0 unspecified atom stereocenters. The quantitative estimate of drug-likeness (QED) is 0.506. The molecule has 0 heterocycles. The second-order valence-electron chi connectivity index (χ2n) is 6.84. The summed E-state index contributed by atoms with van der Waals surface area (Å²) >= 11 is 5.78. The topological polar surface area (TPSA) is 104 Å². The first-order valence-electron chi connectivity index (χ1n) is 9.22. The van der Waals surface area contributed by atoms with Gasteiger partial charge in [-0.3, -0.25) is 25.2 Å². The van der Waals surface area contributed by atoms with E-state index in [-0.39, 0.29) is 10.5 Å². The van der Waals surface area contributed by atoms with E-state index in [1.807, 2.05) is 13.8 Å². The van der Waals surface area contributed by atoms with Crippen LogP contribution in [0.5, 0.6) is 0 Å². The highest BCUT2D eigenvalue weighted by molar-refractivity contribution is 7.92. The van der Waals surface area contributed by atoms with Crippen molar-refractivity contribution in [3.05, 3.63) is 94.0 Å². The van der Waals surface area contributed by atoms with Crippen LogP contribution in [-0.2, 0) is 10.0 Å². The normalized spacial score (nSPS) is 10.9. The SMILES string of the molecule is Cc1ccc(S(=O)(=O)Nc2ccc(C(=O)NNC(=O)c3ccc(Cl)cc3)cc2)cc1C. The average molecular weight is 458 g/mol. The smallest absolute Gasteiger partial charge is 0.269 e. The van der Waals surface area contributed by atoms with Crippen molar-refractivity contribution in [1.82, 2.24) is 10.9 Å². The molecule has 0 bridgehead atoms. The van der Waals surface area contributed by atoms with E-state index in [1.54, 1.807) is 24.3 Å². The maximum Gasteiger partial charge on any atom is 0.269 e. The van der Waals surface area contributed by atoms with E-state index in [0.717, 1.165) is 11.1 Å². The van der Waals surface area contributed by atoms with E-state index in [9.17, 15) is 18.0 Å². The number of halogens is 1. The summed E-state index contributed by atoms with van der Waals surface area (Å²) < 4.78 is 27.6. The van der Waals surface area contributed by atoms with Crippen molar-refractivity contribution < 1.29 is 18.0 Å². The molecule has 31 heavy (non-hydrogen) atoms. The molecule has 9 heteroatoms. The molecule has 0 aliphatic rings. The van der Waals surface area contributed by atoms with Crippen molar-refractivity contribution in [3.8, 4) is 0 Å². The average Bonchev–Trinajstić information content (AvgIpc) is 2.74. The van der Waals surface area contributed by atoms with Gasteiger partial charge in [0.15, 0.2) is 0 Å². The van der Waals surface area contributed by atoms with E-state index in [4.69, 9.17) is 11.6 Å². The Kier molecular flexibility index (Phi) is 6.62. The van der Waals surface area contributed by atoms with Crippen LogP contribution >= 0.6 is 11.6 Å². The number of sulfonamides is 1. The molecule has 3 aromatic rings. The number of benzene rings is 3. The summed E-state index contributed by atoms with van der Waals surface area (Å²) in [4.78, 5) is 24.4. The third kappa shape index (κ3) is 5.62. The van der Waals surface area contributed by atoms with Gasteiger partial charge in [-0.25, -0.2) is 8.42 Å². The lowest BCUT2D eigenvalue weighted by Crippen LogP contribution is -2.41. The van der Waals surface area contributed by atoms with Gasteiger partial charge in [-0.05, 0) is 85.6 Å². The standard InChI is InChI=1S/C22H20ClN3O4S/c1-14-3-12-20(13-15(14)2)31(29,30)26-19-10-6-17(7-11-19)22(28)25-24-21(27)16-4-8-18(23)9-5-16/h3-13,26H,1-2H3,(H,24,27)(H,25,28). The molecule has 2 amide bonds. The molecule has 0 saturated carbocycles. The van der Waals surface area contributed by atoms with Gasteiger partial charge < -0.3 is 0 Å². The van der Waals surface area contributed by atoms with Crippen LogP contribution in [0.3, 0.4) is 0 Å². The Bertz CT molecular complexity index is 1220. The van der Waals surface area contributed by atoms with E-state index in [2.05, 4.69) is 15.6 Å². The Morgan fingerprint density at radius 2 is 1.26 bits per heavy atom. The summed E-state index contributed by atoms with van der Waals surface area (Å²) in [5.41, 5.74) is 7.36.